The summed E-state index contributed by atoms with van der Waals surface area (Å²) in [5, 5.41) is 17.2. The van der Waals surface area contributed by atoms with Gasteiger partial charge in [-0.3, -0.25) is 0 Å². The summed E-state index contributed by atoms with van der Waals surface area (Å²) in [6.07, 6.45) is 2.44. The molecule has 0 aliphatic rings. The van der Waals surface area contributed by atoms with Crippen LogP contribution in [0.2, 0.25) is 0 Å². The third-order valence-electron chi connectivity index (χ3n) is 1.76. The molecule has 0 aliphatic heterocycles. The first kappa shape index (κ1) is 14.0. The number of rotatable bonds is 3. The monoisotopic (exact) mass is 239 g/mol. The molecule has 0 radical (unpaired) electrons. The molecule has 1 aromatic carbocycles. The Morgan fingerprint density at radius 2 is 2.25 bits per heavy atom. The summed E-state index contributed by atoms with van der Waals surface area (Å²) in [5.74, 6) is -0.547. The van der Waals surface area contributed by atoms with E-state index in [1.54, 1.807) is 18.2 Å². The predicted molar refractivity (Wildman–Crippen MR) is 61.6 cm³/mol. The van der Waals surface area contributed by atoms with E-state index in [1.165, 1.54) is 13.2 Å². The quantitative estimate of drug-likeness (QED) is 0.820. The number of hydrogen-bond donors (Lipinski definition) is 1. The van der Waals surface area contributed by atoms with Crippen molar-refractivity contribution < 1.29 is 14.6 Å². The molecule has 0 heterocycles. The molecule has 0 bridgehead atoms. The van der Waals surface area contributed by atoms with Crippen LogP contribution in [-0.2, 0) is 4.79 Å². The van der Waals surface area contributed by atoms with Gasteiger partial charge in [0, 0.05) is 6.08 Å². The van der Waals surface area contributed by atoms with E-state index >= 15 is 0 Å². The highest BCUT2D eigenvalue weighted by Gasteiger charge is 2.01. The van der Waals surface area contributed by atoms with Crippen molar-refractivity contribution in [2.24, 2.45) is 0 Å². The number of carbonyl (C=O) groups is 1. The number of aliphatic carboxylic acids is 1. The summed E-state index contributed by atoms with van der Waals surface area (Å²) in [4.78, 5) is 10.3. The van der Waals surface area contributed by atoms with E-state index < -0.39 is 5.97 Å². The first-order valence-corrected chi connectivity index (χ1v) is 4.16. The van der Waals surface area contributed by atoms with E-state index in [9.17, 15) is 4.79 Å². The summed E-state index contributed by atoms with van der Waals surface area (Å²) in [6.45, 7) is 0. The number of nitriles is 1. The predicted octanol–water partition coefficient (Wildman–Crippen LogP) is 2.09. The lowest BCUT2D eigenvalue weighted by atomic mass is 10.1. The second-order valence-electron chi connectivity index (χ2n) is 2.74. The normalized spacial score (nSPS) is 9.25. The largest absolute Gasteiger partial charge is 0.495 e. The number of methoxy groups -OCH3 is 1. The van der Waals surface area contributed by atoms with Crippen LogP contribution in [0.5, 0.6) is 5.75 Å². The lowest BCUT2D eigenvalue weighted by molar-refractivity contribution is -0.131. The number of halogens is 1. The number of carboxylic acids is 1. The van der Waals surface area contributed by atoms with Crippen LogP contribution in [0.15, 0.2) is 24.3 Å². The topological polar surface area (TPSA) is 70.3 Å². The zero-order valence-electron chi connectivity index (χ0n) is 8.51. The molecule has 0 amide bonds. The van der Waals surface area contributed by atoms with Gasteiger partial charge in [-0.2, -0.15) is 5.26 Å². The third-order valence-corrected chi connectivity index (χ3v) is 1.76. The Kier molecular flexibility index (Phi) is 5.68. The van der Waals surface area contributed by atoms with Crippen LogP contribution in [0.4, 0.5) is 0 Å². The molecule has 1 rings (SSSR count). The Morgan fingerprint density at radius 1 is 1.56 bits per heavy atom. The molecule has 0 saturated carbocycles. The Balaban J connectivity index is 0.00000225. The molecule has 0 saturated heterocycles. The molecule has 0 unspecified atom stereocenters. The Hall–Kier alpha value is -1.99. The van der Waals surface area contributed by atoms with Crippen molar-refractivity contribution in [1.82, 2.24) is 0 Å². The highest BCUT2D eigenvalue weighted by molar-refractivity contribution is 5.85. The Labute approximate surface area is 99.2 Å². The van der Waals surface area contributed by atoms with Crippen molar-refractivity contribution in [2.75, 3.05) is 7.11 Å². The van der Waals surface area contributed by atoms with Gasteiger partial charge < -0.3 is 9.84 Å². The van der Waals surface area contributed by atoms with Crippen molar-refractivity contribution in [3.63, 3.8) is 0 Å². The fourth-order valence-corrected chi connectivity index (χ4v) is 1.08. The molecule has 0 aromatic heterocycles. The first-order valence-electron chi connectivity index (χ1n) is 4.16. The molecule has 5 heteroatoms. The summed E-state index contributed by atoms with van der Waals surface area (Å²) in [7, 11) is 1.48. The van der Waals surface area contributed by atoms with E-state index in [0.29, 0.717) is 16.9 Å². The average Bonchev–Trinajstić information content (AvgIpc) is 2.25. The van der Waals surface area contributed by atoms with Crippen molar-refractivity contribution in [1.29, 1.82) is 5.26 Å². The molecule has 0 aliphatic carbocycles. The number of carboxylic acid groups (broad SMARTS) is 1. The molecule has 84 valence electrons. The van der Waals surface area contributed by atoms with Crippen molar-refractivity contribution in [2.45, 2.75) is 0 Å². The number of hydrogen-bond acceptors (Lipinski definition) is 3. The van der Waals surface area contributed by atoms with Gasteiger partial charge in [-0.05, 0) is 23.8 Å². The third kappa shape index (κ3) is 3.64. The van der Waals surface area contributed by atoms with Crippen molar-refractivity contribution in [3.05, 3.63) is 35.4 Å². The zero-order chi connectivity index (χ0) is 11.3. The van der Waals surface area contributed by atoms with Gasteiger partial charge in [0.25, 0.3) is 0 Å². The highest BCUT2D eigenvalue weighted by Crippen LogP contribution is 2.19. The van der Waals surface area contributed by atoms with Gasteiger partial charge in [-0.25, -0.2) is 4.79 Å². The van der Waals surface area contributed by atoms with Crippen LogP contribution < -0.4 is 4.74 Å². The molecule has 16 heavy (non-hydrogen) atoms. The number of ether oxygens (including phenoxy) is 1. The lowest BCUT2D eigenvalue weighted by Gasteiger charge is -2.02. The summed E-state index contributed by atoms with van der Waals surface area (Å²) in [5.41, 5.74) is 1.03. The zero-order valence-corrected chi connectivity index (χ0v) is 9.32. The first-order chi connectivity index (χ1) is 7.17. The van der Waals surface area contributed by atoms with Gasteiger partial charge in [0.1, 0.15) is 11.8 Å². The molecule has 1 N–H and O–H groups in total. The van der Waals surface area contributed by atoms with Gasteiger partial charge >= 0.3 is 5.97 Å². The number of benzene rings is 1. The number of nitrogens with zero attached hydrogens (tertiary/aromatic N) is 1. The summed E-state index contributed by atoms with van der Waals surface area (Å²) in [6, 6.07) is 6.84. The maximum atomic E-state index is 10.3. The highest BCUT2D eigenvalue weighted by atomic mass is 35.5. The Bertz CT molecular complexity index is 449. The maximum Gasteiger partial charge on any atom is 0.328 e. The Morgan fingerprint density at radius 3 is 2.75 bits per heavy atom. The van der Waals surface area contributed by atoms with E-state index in [4.69, 9.17) is 15.1 Å². The smallest absolute Gasteiger partial charge is 0.328 e. The molecule has 0 atom stereocenters. The average molecular weight is 240 g/mol. The van der Waals surface area contributed by atoms with Crippen LogP contribution in [0, 0.1) is 11.3 Å². The minimum Gasteiger partial charge on any atom is -0.495 e. The second kappa shape index (κ2) is 6.49. The van der Waals surface area contributed by atoms with Gasteiger partial charge in [0.2, 0.25) is 0 Å². The van der Waals surface area contributed by atoms with Crippen LogP contribution in [0.1, 0.15) is 11.1 Å². The molecule has 4 nitrogen and oxygen atoms in total. The minimum atomic E-state index is -1.02. The van der Waals surface area contributed by atoms with Crippen LogP contribution >= 0.6 is 12.4 Å². The minimum absolute atomic E-state index is 0. The van der Waals surface area contributed by atoms with Gasteiger partial charge in [0.05, 0.1) is 12.7 Å². The van der Waals surface area contributed by atoms with Gasteiger partial charge in [-0.15, -0.1) is 12.4 Å². The van der Waals surface area contributed by atoms with E-state index in [0.717, 1.165) is 6.08 Å². The molecule has 0 spiro atoms. The second-order valence-corrected chi connectivity index (χ2v) is 2.74. The van der Waals surface area contributed by atoms with Crippen LogP contribution in [0.3, 0.4) is 0 Å². The van der Waals surface area contributed by atoms with E-state index in [-0.39, 0.29) is 12.4 Å². The van der Waals surface area contributed by atoms with Crippen molar-refractivity contribution in [3.8, 4) is 11.8 Å². The standard InChI is InChI=1S/C11H9NO3.ClH/c1-15-10-4-2-8(3-5-11(13)14)6-9(10)7-12;/h2-6H,1H3,(H,13,14);1H. The fourth-order valence-electron chi connectivity index (χ4n) is 1.08. The van der Waals surface area contributed by atoms with Crippen LogP contribution in [0.25, 0.3) is 6.08 Å². The molecular formula is C11H10ClNO3. The van der Waals surface area contributed by atoms with Crippen LogP contribution in [-0.4, -0.2) is 18.2 Å². The molecular weight excluding hydrogens is 230 g/mol. The van der Waals surface area contributed by atoms with E-state index in [1.807, 2.05) is 6.07 Å². The summed E-state index contributed by atoms with van der Waals surface area (Å²) < 4.78 is 4.95. The van der Waals surface area contributed by atoms with Gasteiger partial charge in [0.15, 0.2) is 0 Å². The molecule has 0 fully saturated rings. The maximum absolute atomic E-state index is 10.3. The SMILES string of the molecule is COc1ccc(C=CC(=O)O)cc1C#N.Cl. The lowest BCUT2D eigenvalue weighted by Crippen LogP contribution is -1.89. The summed E-state index contributed by atoms with van der Waals surface area (Å²) >= 11 is 0. The van der Waals surface area contributed by atoms with E-state index in [2.05, 4.69) is 0 Å². The fraction of sp³-hybridized carbons (Fsp3) is 0.0909. The molecule has 1 aromatic rings. The van der Waals surface area contributed by atoms with Crippen molar-refractivity contribution >= 4 is 24.5 Å². The van der Waals surface area contributed by atoms with Gasteiger partial charge in [-0.1, -0.05) is 6.07 Å².